The van der Waals surface area contributed by atoms with E-state index in [0.717, 1.165) is 37.7 Å². The van der Waals surface area contributed by atoms with Gasteiger partial charge in [-0.05, 0) is 56.1 Å². The monoisotopic (exact) mass is 444 g/mol. The number of aliphatic hydroxyl groups is 1. The maximum atomic E-state index is 13.6. The molecule has 1 heterocycles. The number of Topliss-reactive ketones (excluding diaryl/α,β-unsaturated/α-hetero) is 1. The minimum absolute atomic E-state index is 0.0132. The van der Waals surface area contributed by atoms with Crippen LogP contribution in [0.3, 0.4) is 0 Å². The molecular weight excluding hydrogens is 408 g/mol. The molecule has 9 atom stereocenters. The minimum Gasteiger partial charge on any atom is -0.393 e. The first-order valence-corrected chi connectivity index (χ1v) is 12.2. The molecule has 0 amide bonds. The Labute approximate surface area is 190 Å². The van der Waals surface area contributed by atoms with Crippen molar-refractivity contribution >= 4 is 11.6 Å². The molecule has 5 rings (SSSR count). The van der Waals surface area contributed by atoms with Crippen molar-refractivity contribution < 1.29 is 28.9 Å². The highest BCUT2D eigenvalue weighted by atomic mass is 16.7. The zero-order valence-electron chi connectivity index (χ0n) is 19.6. The van der Waals surface area contributed by atoms with Crippen LogP contribution in [0.4, 0.5) is 0 Å². The number of fused-ring (bicyclic) bond motifs is 7. The van der Waals surface area contributed by atoms with Gasteiger partial charge in [-0.1, -0.05) is 38.8 Å². The lowest BCUT2D eigenvalue weighted by atomic mass is 9.46. The molecule has 0 radical (unpaired) electrons. The maximum absolute atomic E-state index is 13.6. The molecule has 6 heteroatoms. The Bertz CT molecular complexity index is 878. The molecule has 1 N–H and O–H groups in total. The van der Waals surface area contributed by atoms with Crippen LogP contribution in [0.1, 0.15) is 59.3 Å². The van der Waals surface area contributed by atoms with Crippen LogP contribution in [-0.2, 0) is 23.8 Å². The van der Waals surface area contributed by atoms with Crippen LogP contribution in [0.15, 0.2) is 23.8 Å². The van der Waals surface area contributed by atoms with Gasteiger partial charge in [-0.15, -0.1) is 0 Å². The summed E-state index contributed by atoms with van der Waals surface area (Å²) in [6.07, 6.45) is 8.81. The van der Waals surface area contributed by atoms with Crippen LogP contribution in [0.5, 0.6) is 0 Å². The summed E-state index contributed by atoms with van der Waals surface area (Å²) in [6.45, 7) is 6.37. The zero-order chi connectivity index (χ0) is 22.9. The molecule has 1 aliphatic heterocycles. The third-order valence-electron chi connectivity index (χ3n) is 9.50. The highest BCUT2D eigenvalue weighted by Gasteiger charge is 2.75. The van der Waals surface area contributed by atoms with Gasteiger partial charge >= 0.3 is 0 Å². The fraction of sp³-hybridized carbons (Fsp3) is 0.769. The molecule has 4 aliphatic carbocycles. The van der Waals surface area contributed by atoms with E-state index >= 15 is 0 Å². The van der Waals surface area contributed by atoms with Crippen LogP contribution in [0.25, 0.3) is 0 Å². The average molecular weight is 445 g/mol. The lowest BCUT2D eigenvalue weighted by Crippen LogP contribution is -2.63. The normalized spacial score (nSPS) is 49.2. The number of allylic oxidation sites excluding steroid dienone is 4. The van der Waals surface area contributed by atoms with Crippen LogP contribution < -0.4 is 0 Å². The molecule has 0 spiro atoms. The Hall–Kier alpha value is -1.34. The molecule has 4 fully saturated rings. The Kier molecular flexibility index (Phi) is 5.32. The van der Waals surface area contributed by atoms with E-state index in [-0.39, 0.29) is 53.7 Å². The Morgan fingerprint density at radius 1 is 1.34 bits per heavy atom. The standard InChI is InChI=1S/C26H36O6/c1-5-6-22-31-21-12-18-17-8-7-15-11-16(27)9-10-24(15,2)23(17)19(28)13-25(18,3)26(21,32-22)20(29)14-30-4/h9-11,17-19,21-23,28H,5-8,12-14H2,1-4H3/t17-,18-,19-,21+,22?,23+,24-,25-,26+/m0/s1. The van der Waals surface area contributed by atoms with Gasteiger partial charge < -0.3 is 19.3 Å². The number of methoxy groups -OCH3 is 1. The number of carbonyl (C=O) groups excluding carboxylic acids is 2. The highest BCUT2D eigenvalue weighted by Crippen LogP contribution is 2.69. The Morgan fingerprint density at radius 3 is 2.84 bits per heavy atom. The second-order valence-corrected chi connectivity index (χ2v) is 11.0. The van der Waals surface area contributed by atoms with Gasteiger partial charge in [-0.2, -0.15) is 0 Å². The van der Waals surface area contributed by atoms with E-state index in [4.69, 9.17) is 14.2 Å². The number of carbonyl (C=O) groups is 2. The molecule has 0 aromatic heterocycles. The van der Waals surface area contributed by atoms with E-state index in [0.29, 0.717) is 6.42 Å². The first kappa shape index (κ1) is 22.5. The van der Waals surface area contributed by atoms with Crippen molar-refractivity contribution in [2.75, 3.05) is 13.7 Å². The van der Waals surface area contributed by atoms with Gasteiger partial charge in [-0.3, -0.25) is 9.59 Å². The van der Waals surface area contributed by atoms with Gasteiger partial charge in [0.1, 0.15) is 6.61 Å². The Balaban J connectivity index is 1.55. The van der Waals surface area contributed by atoms with E-state index in [1.54, 1.807) is 12.2 Å². The number of ketones is 2. The van der Waals surface area contributed by atoms with E-state index in [1.807, 2.05) is 6.08 Å². The van der Waals surface area contributed by atoms with E-state index < -0.39 is 17.1 Å². The summed E-state index contributed by atoms with van der Waals surface area (Å²) in [5, 5.41) is 11.6. The summed E-state index contributed by atoms with van der Waals surface area (Å²) >= 11 is 0. The Morgan fingerprint density at radius 2 is 2.12 bits per heavy atom. The first-order chi connectivity index (χ1) is 15.2. The maximum Gasteiger partial charge on any atom is 0.193 e. The van der Waals surface area contributed by atoms with Crippen molar-refractivity contribution in [2.24, 2.45) is 28.6 Å². The molecule has 0 aromatic rings. The van der Waals surface area contributed by atoms with Gasteiger partial charge in [-0.25, -0.2) is 0 Å². The molecule has 6 nitrogen and oxygen atoms in total. The van der Waals surface area contributed by atoms with Gasteiger partial charge in [0.25, 0.3) is 0 Å². The highest BCUT2D eigenvalue weighted by molar-refractivity contribution is 6.01. The molecule has 1 unspecified atom stereocenters. The number of aliphatic hydroxyl groups excluding tert-OH is 1. The minimum atomic E-state index is -1.07. The summed E-state index contributed by atoms with van der Waals surface area (Å²) < 4.78 is 18.2. The van der Waals surface area contributed by atoms with Crippen molar-refractivity contribution in [2.45, 2.75) is 83.4 Å². The van der Waals surface area contributed by atoms with Gasteiger partial charge in [0.2, 0.25) is 0 Å². The van der Waals surface area contributed by atoms with Crippen LogP contribution in [0, 0.1) is 28.6 Å². The third kappa shape index (κ3) is 2.79. The van der Waals surface area contributed by atoms with E-state index in [1.165, 1.54) is 7.11 Å². The number of hydrogen-bond donors (Lipinski definition) is 1. The van der Waals surface area contributed by atoms with Crippen LogP contribution >= 0.6 is 0 Å². The summed E-state index contributed by atoms with van der Waals surface area (Å²) in [5.74, 6) is 0.427. The summed E-state index contributed by atoms with van der Waals surface area (Å²) in [7, 11) is 1.54. The molecule has 0 aromatic carbocycles. The molecular formula is C26H36O6. The predicted molar refractivity (Wildman–Crippen MR) is 118 cm³/mol. The SMILES string of the molecule is CCCC1O[C@@H]2C[C@H]3[C@@H]4CCC5=CC(=O)C=C[C@]5(C)[C@H]4[C@@H](O)C[C@]3(C)[C@]2(C(=O)COC)O1. The smallest absolute Gasteiger partial charge is 0.193 e. The topological polar surface area (TPSA) is 82.1 Å². The molecule has 5 aliphatic rings. The van der Waals surface area contributed by atoms with E-state index in [2.05, 4.69) is 20.8 Å². The molecule has 0 bridgehead atoms. The second-order valence-electron chi connectivity index (χ2n) is 11.0. The summed E-state index contributed by atoms with van der Waals surface area (Å²) in [4.78, 5) is 25.6. The summed E-state index contributed by atoms with van der Waals surface area (Å²) in [5.41, 5.74) is -0.796. The second kappa shape index (κ2) is 7.59. The average Bonchev–Trinajstić information content (AvgIpc) is 3.21. The van der Waals surface area contributed by atoms with Crippen molar-refractivity contribution in [3.05, 3.63) is 23.8 Å². The number of rotatable bonds is 5. The van der Waals surface area contributed by atoms with Crippen molar-refractivity contribution in [3.63, 3.8) is 0 Å². The molecule has 176 valence electrons. The fourth-order valence-corrected chi connectivity index (χ4v) is 8.24. The van der Waals surface area contributed by atoms with Crippen LogP contribution in [0.2, 0.25) is 0 Å². The van der Waals surface area contributed by atoms with Crippen LogP contribution in [-0.4, -0.2) is 54.5 Å². The molecule has 32 heavy (non-hydrogen) atoms. The van der Waals surface area contributed by atoms with E-state index in [9.17, 15) is 14.7 Å². The van der Waals surface area contributed by atoms with Crippen molar-refractivity contribution in [3.8, 4) is 0 Å². The number of ether oxygens (including phenoxy) is 3. The van der Waals surface area contributed by atoms with Gasteiger partial charge in [0.05, 0.1) is 12.2 Å². The largest absolute Gasteiger partial charge is 0.393 e. The fourth-order valence-electron chi connectivity index (χ4n) is 8.24. The number of hydrogen-bond acceptors (Lipinski definition) is 6. The predicted octanol–water partition coefficient (Wildman–Crippen LogP) is 3.37. The first-order valence-electron chi connectivity index (χ1n) is 12.2. The quantitative estimate of drug-likeness (QED) is 0.700. The van der Waals surface area contributed by atoms with Crippen molar-refractivity contribution in [1.82, 2.24) is 0 Å². The van der Waals surface area contributed by atoms with Crippen molar-refractivity contribution in [1.29, 1.82) is 0 Å². The van der Waals surface area contributed by atoms with Gasteiger partial charge in [0, 0.05) is 23.9 Å². The summed E-state index contributed by atoms with van der Waals surface area (Å²) in [6, 6.07) is 0. The molecule has 1 saturated heterocycles. The third-order valence-corrected chi connectivity index (χ3v) is 9.50. The molecule has 3 saturated carbocycles. The zero-order valence-corrected chi connectivity index (χ0v) is 19.6. The lowest BCUT2D eigenvalue weighted by molar-refractivity contribution is -0.200. The lowest BCUT2D eigenvalue weighted by Gasteiger charge is -2.59. The van der Waals surface area contributed by atoms with Gasteiger partial charge in [0.15, 0.2) is 23.5 Å².